The van der Waals surface area contributed by atoms with Gasteiger partial charge in [-0.2, -0.15) is 0 Å². The highest BCUT2D eigenvalue weighted by Crippen LogP contribution is 2.43. The number of aromatic nitrogens is 4. The van der Waals surface area contributed by atoms with E-state index in [4.69, 9.17) is 9.97 Å². The minimum absolute atomic E-state index is 0.869. The molecule has 4 aromatic heterocycles. The molecule has 4 nitrogen and oxygen atoms in total. The van der Waals surface area contributed by atoms with Crippen molar-refractivity contribution in [2.45, 2.75) is 0 Å². The monoisotopic (exact) mass is 650 g/mol. The number of pyridine rings is 3. The summed E-state index contributed by atoms with van der Waals surface area (Å²) in [6.07, 6.45) is 3.78. The van der Waals surface area contributed by atoms with Crippen LogP contribution in [0.2, 0.25) is 0 Å². The molecule has 0 unspecified atom stereocenters. The second-order valence-electron chi connectivity index (χ2n) is 12.8. The largest absolute Gasteiger partial charge is 0.294 e. The molecule has 0 radical (unpaired) electrons. The van der Waals surface area contributed by atoms with E-state index in [9.17, 15) is 0 Å². The third-order valence-electron chi connectivity index (χ3n) is 9.89. The molecule has 0 spiro atoms. The highest BCUT2D eigenvalue weighted by molar-refractivity contribution is 6.21. The zero-order chi connectivity index (χ0) is 33.7. The van der Waals surface area contributed by atoms with Crippen LogP contribution in [0.25, 0.3) is 94.1 Å². The molecule has 0 saturated carbocycles. The lowest BCUT2D eigenvalue weighted by atomic mass is 9.87. The van der Waals surface area contributed by atoms with Gasteiger partial charge in [-0.25, -0.2) is 9.97 Å². The molecule has 0 fully saturated rings. The molecule has 4 heteroatoms. The summed E-state index contributed by atoms with van der Waals surface area (Å²) in [5.74, 6) is 0.869. The van der Waals surface area contributed by atoms with Gasteiger partial charge in [-0.15, -0.1) is 0 Å². The lowest BCUT2D eigenvalue weighted by molar-refractivity contribution is 1.08. The fourth-order valence-electron chi connectivity index (χ4n) is 7.66. The Hall–Kier alpha value is -6.91. The molecule has 0 N–H and O–H groups in total. The Balaban J connectivity index is 1.10. The van der Waals surface area contributed by atoms with E-state index in [0.29, 0.717) is 0 Å². The van der Waals surface area contributed by atoms with Crippen molar-refractivity contribution in [1.82, 2.24) is 19.5 Å². The standard InChI is InChI=1S/C47H30N4/c1-2-13-31(14-3-1)46-35-18-4-6-20-37(35)47(38-21-7-5-19-36(38)46)42-24-11-22-40(49-42)32-15-10-16-33(29-32)41-23-12-26-45(50-41)51-43-25-9-8-17-34(43)39-30-48-28-27-44(39)51/h1-30H. The molecule has 0 atom stereocenters. The molecule has 0 aliphatic rings. The Morgan fingerprint density at radius 2 is 0.882 bits per heavy atom. The van der Waals surface area contributed by atoms with E-state index in [1.54, 1.807) is 0 Å². The number of fused-ring (bicyclic) bond motifs is 5. The maximum absolute atomic E-state index is 5.35. The van der Waals surface area contributed by atoms with E-state index in [-0.39, 0.29) is 0 Å². The normalized spacial score (nSPS) is 11.5. The molecular weight excluding hydrogens is 621 g/mol. The first-order valence-corrected chi connectivity index (χ1v) is 17.2. The van der Waals surface area contributed by atoms with Crippen molar-refractivity contribution < 1.29 is 0 Å². The van der Waals surface area contributed by atoms with Crippen molar-refractivity contribution >= 4 is 43.4 Å². The van der Waals surface area contributed by atoms with Crippen molar-refractivity contribution in [3.8, 4) is 50.7 Å². The fourth-order valence-corrected chi connectivity index (χ4v) is 7.66. The molecule has 51 heavy (non-hydrogen) atoms. The topological polar surface area (TPSA) is 43.6 Å². The van der Waals surface area contributed by atoms with Crippen LogP contribution in [0.4, 0.5) is 0 Å². The van der Waals surface area contributed by atoms with Gasteiger partial charge in [0.05, 0.1) is 28.1 Å². The van der Waals surface area contributed by atoms with Gasteiger partial charge in [-0.1, -0.05) is 127 Å². The van der Waals surface area contributed by atoms with Crippen molar-refractivity contribution in [2.75, 3.05) is 0 Å². The van der Waals surface area contributed by atoms with Gasteiger partial charge in [0.2, 0.25) is 0 Å². The second-order valence-corrected chi connectivity index (χ2v) is 12.8. The van der Waals surface area contributed by atoms with Gasteiger partial charge in [0.1, 0.15) is 5.82 Å². The number of benzene rings is 6. The van der Waals surface area contributed by atoms with Crippen LogP contribution in [0.5, 0.6) is 0 Å². The molecule has 0 bridgehead atoms. The van der Waals surface area contributed by atoms with Crippen LogP contribution in [0.15, 0.2) is 182 Å². The summed E-state index contributed by atoms with van der Waals surface area (Å²) in [5.41, 5.74) is 10.6. The number of para-hydroxylation sites is 1. The number of hydrogen-bond acceptors (Lipinski definition) is 3. The molecule has 10 rings (SSSR count). The summed E-state index contributed by atoms with van der Waals surface area (Å²) in [4.78, 5) is 15.0. The van der Waals surface area contributed by atoms with Gasteiger partial charge in [0.25, 0.3) is 0 Å². The second kappa shape index (κ2) is 11.9. The Morgan fingerprint density at radius 1 is 0.353 bits per heavy atom. The SMILES string of the molecule is c1ccc(-c2c3ccccc3c(-c3cccc(-c4cccc(-c5cccc(-n6c7ccccc7c7cnccc76)n5)c4)n3)c3ccccc23)cc1. The van der Waals surface area contributed by atoms with Gasteiger partial charge in [0, 0.05) is 39.9 Å². The summed E-state index contributed by atoms with van der Waals surface area (Å²) in [6, 6.07) is 59.8. The zero-order valence-corrected chi connectivity index (χ0v) is 27.6. The fraction of sp³-hybridized carbons (Fsp3) is 0. The minimum Gasteiger partial charge on any atom is -0.294 e. The van der Waals surface area contributed by atoms with Gasteiger partial charge < -0.3 is 0 Å². The van der Waals surface area contributed by atoms with E-state index in [2.05, 4.69) is 179 Å². The Bertz CT molecular complexity index is 2810. The van der Waals surface area contributed by atoms with E-state index in [1.165, 1.54) is 32.7 Å². The lowest BCUT2D eigenvalue weighted by Gasteiger charge is -2.17. The van der Waals surface area contributed by atoms with Crippen LogP contribution >= 0.6 is 0 Å². The maximum Gasteiger partial charge on any atom is 0.138 e. The van der Waals surface area contributed by atoms with Gasteiger partial charge in [0.15, 0.2) is 0 Å². The first kappa shape index (κ1) is 29.0. The summed E-state index contributed by atoms with van der Waals surface area (Å²) in [7, 11) is 0. The Labute approximate surface area is 295 Å². The highest BCUT2D eigenvalue weighted by atomic mass is 15.1. The van der Waals surface area contributed by atoms with Crippen molar-refractivity contribution in [2.24, 2.45) is 0 Å². The maximum atomic E-state index is 5.35. The molecule has 0 amide bonds. The average Bonchev–Trinajstić information content (AvgIpc) is 3.55. The number of rotatable bonds is 5. The van der Waals surface area contributed by atoms with Crippen LogP contribution in [0, 0.1) is 0 Å². The molecule has 10 aromatic rings. The minimum atomic E-state index is 0.869. The van der Waals surface area contributed by atoms with Gasteiger partial charge >= 0.3 is 0 Å². The third-order valence-corrected chi connectivity index (χ3v) is 9.89. The van der Waals surface area contributed by atoms with E-state index in [0.717, 1.165) is 61.4 Å². The third kappa shape index (κ3) is 4.80. The zero-order valence-electron chi connectivity index (χ0n) is 27.6. The number of hydrogen-bond donors (Lipinski definition) is 0. The molecular formula is C47H30N4. The lowest BCUT2D eigenvalue weighted by Crippen LogP contribution is -1.98. The molecule has 0 saturated heterocycles. The van der Waals surface area contributed by atoms with Crippen molar-refractivity contribution in [3.63, 3.8) is 0 Å². The molecule has 6 aromatic carbocycles. The smallest absolute Gasteiger partial charge is 0.138 e. The predicted octanol–water partition coefficient (Wildman–Crippen LogP) is 11.9. The highest BCUT2D eigenvalue weighted by Gasteiger charge is 2.18. The van der Waals surface area contributed by atoms with Crippen LogP contribution < -0.4 is 0 Å². The summed E-state index contributed by atoms with van der Waals surface area (Å²) >= 11 is 0. The van der Waals surface area contributed by atoms with Crippen molar-refractivity contribution in [3.05, 3.63) is 182 Å². The summed E-state index contributed by atoms with van der Waals surface area (Å²) < 4.78 is 2.22. The van der Waals surface area contributed by atoms with Gasteiger partial charge in [-0.3, -0.25) is 9.55 Å². The van der Waals surface area contributed by atoms with Crippen LogP contribution in [-0.4, -0.2) is 19.5 Å². The predicted molar refractivity (Wildman–Crippen MR) is 211 cm³/mol. The van der Waals surface area contributed by atoms with Crippen LogP contribution in [0.1, 0.15) is 0 Å². The van der Waals surface area contributed by atoms with E-state index in [1.807, 2.05) is 12.4 Å². The molecule has 4 heterocycles. The van der Waals surface area contributed by atoms with Crippen LogP contribution in [0.3, 0.4) is 0 Å². The average molecular weight is 651 g/mol. The van der Waals surface area contributed by atoms with Crippen LogP contribution in [-0.2, 0) is 0 Å². The summed E-state index contributed by atoms with van der Waals surface area (Å²) in [6.45, 7) is 0. The van der Waals surface area contributed by atoms with Crippen molar-refractivity contribution in [1.29, 1.82) is 0 Å². The van der Waals surface area contributed by atoms with E-state index < -0.39 is 0 Å². The first-order valence-electron chi connectivity index (χ1n) is 17.2. The Morgan fingerprint density at radius 3 is 1.61 bits per heavy atom. The molecule has 238 valence electrons. The molecule has 0 aliphatic heterocycles. The quantitative estimate of drug-likeness (QED) is 0.174. The summed E-state index contributed by atoms with van der Waals surface area (Å²) in [5, 5.41) is 7.10. The molecule has 0 aliphatic carbocycles. The van der Waals surface area contributed by atoms with Gasteiger partial charge in [-0.05, 0) is 75.1 Å². The number of nitrogens with zero attached hydrogens (tertiary/aromatic N) is 4. The Kier molecular flexibility index (Phi) is 6.78. The first-order chi connectivity index (χ1) is 25.3. The van der Waals surface area contributed by atoms with E-state index >= 15 is 0 Å².